The van der Waals surface area contributed by atoms with E-state index in [2.05, 4.69) is 6.58 Å². The zero-order valence-corrected chi connectivity index (χ0v) is 21.6. The van der Waals surface area contributed by atoms with E-state index in [-0.39, 0.29) is 40.1 Å². The minimum absolute atomic E-state index is 0.0487. The number of rotatable bonds is 6. The predicted molar refractivity (Wildman–Crippen MR) is 143 cm³/mol. The summed E-state index contributed by atoms with van der Waals surface area (Å²) in [4.78, 5) is 54.8. The second-order valence-electron chi connectivity index (χ2n) is 9.44. The molecule has 0 spiro atoms. The van der Waals surface area contributed by atoms with E-state index in [1.165, 1.54) is 23.8 Å². The maximum Gasteiger partial charge on any atom is 0.340 e. The van der Waals surface area contributed by atoms with Gasteiger partial charge in [-0.15, -0.1) is 6.58 Å². The van der Waals surface area contributed by atoms with Gasteiger partial charge in [0.05, 0.1) is 30.2 Å². The number of Topliss-reactive ketones (excluding diaryl/α,β-unsaturated/α-hetero) is 2. The largest absolute Gasteiger partial charge is 0.497 e. The number of carbonyl (C=O) groups excluding carboxylic acids is 3. The van der Waals surface area contributed by atoms with Crippen molar-refractivity contribution in [1.29, 1.82) is 0 Å². The minimum Gasteiger partial charge on any atom is -0.497 e. The highest BCUT2D eigenvalue weighted by atomic mass is 16.5. The fraction of sp³-hybridized carbons (Fsp3) is 0.200. The summed E-state index contributed by atoms with van der Waals surface area (Å²) in [6.45, 7) is 7.22. The van der Waals surface area contributed by atoms with Crippen LogP contribution in [0.5, 0.6) is 5.75 Å². The second-order valence-corrected chi connectivity index (χ2v) is 9.44. The Morgan fingerprint density at radius 3 is 2.44 bits per heavy atom. The lowest BCUT2D eigenvalue weighted by Gasteiger charge is -2.32. The number of aromatic nitrogens is 1. The lowest BCUT2D eigenvalue weighted by Crippen LogP contribution is -2.38. The van der Waals surface area contributed by atoms with Crippen LogP contribution in [0.4, 0.5) is 0 Å². The number of hydrogen-bond acceptors (Lipinski definition) is 8. The summed E-state index contributed by atoms with van der Waals surface area (Å²) in [5.74, 6) is -3.50. The zero-order chi connectivity index (χ0) is 28.0. The molecule has 1 aliphatic heterocycles. The van der Waals surface area contributed by atoms with Gasteiger partial charge in [-0.3, -0.25) is 14.4 Å². The van der Waals surface area contributed by atoms with Gasteiger partial charge in [-0.2, -0.15) is 0 Å². The Kier molecular flexibility index (Phi) is 6.43. The number of allylic oxidation sites excluding steroid dienone is 3. The molecular formula is C30H26N2O7. The average Bonchev–Trinajstić information content (AvgIpc) is 2.91. The van der Waals surface area contributed by atoms with Crippen LogP contribution >= 0.6 is 0 Å². The molecule has 0 fully saturated rings. The number of ether oxygens (including phenoxy) is 3. The highest BCUT2D eigenvalue weighted by Gasteiger charge is 2.47. The molecule has 1 atom stereocenters. The number of nitrogens with two attached hydrogens (primary N) is 1. The van der Waals surface area contributed by atoms with Crippen LogP contribution in [0.25, 0.3) is 10.9 Å². The van der Waals surface area contributed by atoms with Crippen LogP contribution in [0.3, 0.4) is 0 Å². The monoisotopic (exact) mass is 526 g/mol. The van der Waals surface area contributed by atoms with Crippen molar-refractivity contribution in [1.82, 2.24) is 4.57 Å². The van der Waals surface area contributed by atoms with Crippen molar-refractivity contribution in [2.45, 2.75) is 32.4 Å². The summed E-state index contributed by atoms with van der Waals surface area (Å²) >= 11 is 0. The Morgan fingerprint density at radius 1 is 1.10 bits per heavy atom. The van der Waals surface area contributed by atoms with Gasteiger partial charge >= 0.3 is 5.97 Å². The van der Waals surface area contributed by atoms with Crippen molar-refractivity contribution >= 4 is 28.4 Å². The van der Waals surface area contributed by atoms with Crippen LogP contribution in [0.15, 0.2) is 88.8 Å². The zero-order valence-electron chi connectivity index (χ0n) is 21.6. The summed E-state index contributed by atoms with van der Waals surface area (Å²) in [7, 11) is 1.52. The van der Waals surface area contributed by atoms with Crippen LogP contribution in [0.2, 0.25) is 0 Å². The topological polar surface area (TPSA) is 127 Å². The molecule has 1 unspecified atom stereocenters. The van der Waals surface area contributed by atoms with E-state index in [9.17, 15) is 19.2 Å². The van der Waals surface area contributed by atoms with Gasteiger partial charge in [-0.1, -0.05) is 30.3 Å². The van der Waals surface area contributed by atoms with Crippen LogP contribution in [0.1, 0.15) is 46.0 Å². The molecule has 2 aliphatic rings. The molecule has 0 saturated heterocycles. The standard InChI is InChI=1S/C30H26N2O7/c1-5-12-32-21-11-10-17(37-4)13-16(21)14-20(29(32)35)22-23-25(33)18-8-6-7-9-19(18)26(34)27(23)39-28(31)24(22)30(36)38-15(2)3/h5-11,13-15,22H,1,12,31H2,2-4H3. The summed E-state index contributed by atoms with van der Waals surface area (Å²) in [6, 6.07) is 13.1. The van der Waals surface area contributed by atoms with Gasteiger partial charge in [-0.05, 0) is 38.1 Å². The maximum absolute atomic E-state index is 14.0. The third-order valence-electron chi connectivity index (χ3n) is 6.68. The normalized spacial score (nSPS) is 16.7. The molecule has 1 aromatic heterocycles. The number of pyridine rings is 1. The third kappa shape index (κ3) is 4.12. The maximum atomic E-state index is 14.0. The van der Waals surface area contributed by atoms with Gasteiger partial charge in [0.2, 0.25) is 11.7 Å². The Labute approximate surface area is 223 Å². The molecule has 0 saturated carbocycles. The predicted octanol–water partition coefficient (Wildman–Crippen LogP) is 3.77. The van der Waals surface area contributed by atoms with Crippen LogP contribution in [-0.2, 0) is 20.8 Å². The van der Waals surface area contributed by atoms with E-state index in [1.807, 2.05) is 0 Å². The molecule has 2 aromatic carbocycles. The highest BCUT2D eigenvalue weighted by Crippen LogP contribution is 2.44. The Balaban J connectivity index is 1.85. The average molecular weight is 527 g/mol. The Hall–Kier alpha value is -4.92. The number of benzene rings is 2. The first kappa shape index (κ1) is 25.7. The van der Waals surface area contributed by atoms with Crippen LogP contribution in [0, 0.1) is 0 Å². The van der Waals surface area contributed by atoms with Crippen LogP contribution < -0.4 is 16.0 Å². The van der Waals surface area contributed by atoms with Crippen molar-refractivity contribution in [3.8, 4) is 5.75 Å². The molecule has 9 heteroatoms. The second kappa shape index (κ2) is 9.75. The highest BCUT2D eigenvalue weighted by molar-refractivity contribution is 6.27. The molecule has 39 heavy (non-hydrogen) atoms. The number of esters is 1. The van der Waals surface area contributed by atoms with Crippen molar-refractivity contribution in [3.63, 3.8) is 0 Å². The lowest BCUT2D eigenvalue weighted by molar-refractivity contribution is -0.143. The number of methoxy groups -OCH3 is 1. The molecule has 2 heterocycles. The molecule has 198 valence electrons. The first-order chi connectivity index (χ1) is 18.7. The first-order valence-corrected chi connectivity index (χ1v) is 12.3. The Morgan fingerprint density at radius 2 is 1.79 bits per heavy atom. The SMILES string of the molecule is C=CCn1c(=O)c(C2C(C(=O)OC(C)C)=C(N)OC3=C2C(=O)c2ccccc2C3=O)cc2cc(OC)ccc21. The third-order valence-corrected chi connectivity index (χ3v) is 6.68. The van der Waals surface area contributed by atoms with Gasteiger partial charge in [0.25, 0.3) is 5.56 Å². The van der Waals surface area contributed by atoms with Gasteiger partial charge in [-0.25, -0.2) is 4.79 Å². The van der Waals surface area contributed by atoms with E-state index < -0.39 is 41.0 Å². The summed E-state index contributed by atoms with van der Waals surface area (Å²) in [6.07, 6.45) is 1.03. The van der Waals surface area contributed by atoms with E-state index in [4.69, 9.17) is 19.9 Å². The fourth-order valence-electron chi connectivity index (χ4n) is 5.03. The van der Waals surface area contributed by atoms with Crippen molar-refractivity contribution in [2.75, 3.05) is 7.11 Å². The molecular weight excluding hydrogens is 500 g/mol. The first-order valence-electron chi connectivity index (χ1n) is 12.3. The van der Waals surface area contributed by atoms with Crippen LogP contribution in [-0.4, -0.2) is 35.3 Å². The molecule has 3 aromatic rings. The minimum atomic E-state index is -1.33. The van der Waals surface area contributed by atoms with Crippen molar-refractivity contribution in [2.24, 2.45) is 5.73 Å². The van der Waals surface area contributed by atoms with E-state index in [1.54, 1.807) is 56.3 Å². The van der Waals surface area contributed by atoms with E-state index in [0.29, 0.717) is 16.7 Å². The number of nitrogens with zero attached hydrogens (tertiary/aromatic N) is 1. The fourth-order valence-corrected chi connectivity index (χ4v) is 5.03. The summed E-state index contributed by atoms with van der Waals surface area (Å²) in [5.41, 5.74) is 6.29. The van der Waals surface area contributed by atoms with Gasteiger partial charge < -0.3 is 24.5 Å². The Bertz CT molecular complexity index is 1710. The van der Waals surface area contributed by atoms with Gasteiger partial charge in [0.1, 0.15) is 11.3 Å². The smallest absolute Gasteiger partial charge is 0.340 e. The summed E-state index contributed by atoms with van der Waals surface area (Å²) < 4.78 is 17.9. The molecule has 0 bridgehead atoms. The molecule has 2 N–H and O–H groups in total. The molecule has 9 nitrogen and oxygen atoms in total. The van der Waals surface area contributed by atoms with Crippen molar-refractivity contribution in [3.05, 3.63) is 111 Å². The van der Waals surface area contributed by atoms with E-state index in [0.717, 1.165) is 0 Å². The number of carbonyl (C=O) groups is 3. The quantitative estimate of drug-likeness (QED) is 0.380. The van der Waals surface area contributed by atoms with Gasteiger partial charge in [0, 0.05) is 28.6 Å². The van der Waals surface area contributed by atoms with E-state index >= 15 is 0 Å². The molecule has 1 aliphatic carbocycles. The summed E-state index contributed by atoms with van der Waals surface area (Å²) in [5, 5.41) is 0.601. The van der Waals surface area contributed by atoms with Crippen molar-refractivity contribution < 1.29 is 28.6 Å². The lowest BCUT2D eigenvalue weighted by atomic mass is 9.75. The molecule has 0 radical (unpaired) electrons. The molecule has 5 rings (SSSR count). The number of fused-ring (bicyclic) bond motifs is 2. The number of ketones is 2. The molecule has 0 amide bonds. The number of hydrogen-bond donors (Lipinski definition) is 1. The van der Waals surface area contributed by atoms with Gasteiger partial charge in [0.15, 0.2) is 11.5 Å².